The normalized spacial score (nSPS) is 12.8. The molecule has 3 aromatic rings. The molecule has 3 rings (SSSR count). The summed E-state index contributed by atoms with van der Waals surface area (Å²) in [5.74, 6) is -0.767. The van der Waals surface area contributed by atoms with E-state index >= 15 is 0 Å². The molecule has 0 aliphatic rings. The van der Waals surface area contributed by atoms with Gasteiger partial charge in [0.25, 0.3) is 10.0 Å². The minimum atomic E-state index is -4.14. The van der Waals surface area contributed by atoms with E-state index in [0.29, 0.717) is 22.7 Å². The Morgan fingerprint density at radius 3 is 2.13 bits per heavy atom. The van der Waals surface area contributed by atoms with Gasteiger partial charge in [-0.05, 0) is 62.1 Å². The molecule has 1 N–H and O–H groups in total. The Balaban J connectivity index is 2.07. The summed E-state index contributed by atoms with van der Waals surface area (Å²) < 4.78 is 28.9. The number of sulfonamides is 1. The van der Waals surface area contributed by atoms with Crippen LogP contribution in [0.25, 0.3) is 0 Å². The fourth-order valence-corrected chi connectivity index (χ4v) is 5.88. The summed E-state index contributed by atoms with van der Waals surface area (Å²) in [6.07, 6.45) is 1.11. The summed E-state index contributed by atoms with van der Waals surface area (Å²) in [5.41, 5.74) is 1.77. The Kier molecular flexibility index (Phi) is 10.5. The average Bonchev–Trinajstić information content (AvgIpc) is 2.93. The third kappa shape index (κ3) is 7.61. The lowest BCUT2D eigenvalue weighted by Crippen LogP contribution is -2.53. The molecule has 39 heavy (non-hydrogen) atoms. The van der Waals surface area contributed by atoms with Crippen LogP contribution in [0.4, 0.5) is 5.69 Å². The van der Waals surface area contributed by atoms with Crippen LogP contribution in [0.15, 0.2) is 83.8 Å². The molecule has 0 saturated heterocycles. The van der Waals surface area contributed by atoms with Crippen molar-refractivity contribution in [1.29, 1.82) is 0 Å². The first-order valence-corrected chi connectivity index (χ1v) is 14.9. The zero-order valence-corrected chi connectivity index (χ0v) is 24.4. The van der Waals surface area contributed by atoms with Gasteiger partial charge in [0.05, 0.1) is 10.6 Å². The zero-order chi connectivity index (χ0) is 28.6. The molecular weight excluding hydrogens is 534 g/mol. The minimum absolute atomic E-state index is 0.0494. The Morgan fingerprint density at radius 2 is 1.54 bits per heavy atom. The summed E-state index contributed by atoms with van der Waals surface area (Å²) in [6.45, 7) is 7.13. The van der Waals surface area contributed by atoms with Gasteiger partial charge >= 0.3 is 0 Å². The molecule has 9 heteroatoms. The third-order valence-electron chi connectivity index (χ3n) is 6.63. The summed E-state index contributed by atoms with van der Waals surface area (Å²) in [7, 11) is -4.14. The standard InChI is InChI=1S/C30H36ClN3O4S/c1-5-23(4)32-30(36)27(6-2)33(20-24-13-9-7-10-14-24)29(35)21-34(28-19-25(31)18-17-22(28)3)39(37,38)26-15-11-8-12-16-26/h7-19,23,27H,5-6,20-21H2,1-4H3,(H,32,36). The number of nitrogens with one attached hydrogen (secondary N) is 1. The number of hydrogen-bond donors (Lipinski definition) is 1. The van der Waals surface area contributed by atoms with Gasteiger partial charge in [0.1, 0.15) is 12.6 Å². The number of benzene rings is 3. The summed E-state index contributed by atoms with van der Waals surface area (Å²) in [6, 6.07) is 21.4. The van der Waals surface area contributed by atoms with Crippen LogP contribution < -0.4 is 9.62 Å². The van der Waals surface area contributed by atoms with Crippen molar-refractivity contribution in [3.8, 4) is 0 Å². The van der Waals surface area contributed by atoms with E-state index in [-0.39, 0.29) is 23.4 Å². The molecule has 0 fully saturated rings. The van der Waals surface area contributed by atoms with Crippen LogP contribution >= 0.6 is 11.6 Å². The lowest BCUT2D eigenvalue weighted by Gasteiger charge is -2.34. The Hall–Kier alpha value is -3.36. The van der Waals surface area contributed by atoms with Crippen molar-refractivity contribution in [3.63, 3.8) is 0 Å². The first-order valence-electron chi connectivity index (χ1n) is 13.1. The maximum atomic E-state index is 14.1. The second-order valence-electron chi connectivity index (χ2n) is 9.50. The number of carbonyl (C=O) groups is 2. The number of hydrogen-bond acceptors (Lipinski definition) is 4. The second kappa shape index (κ2) is 13.6. The monoisotopic (exact) mass is 569 g/mol. The predicted molar refractivity (Wildman–Crippen MR) is 156 cm³/mol. The van der Waals surface area contributed by atoms with Crippen molar-refractivity contribution in [1.82, 2.24) is 10.2 Å². The van der Waals surface area contributed by atoms with E-state index in [4.69, 9.17) is 11.6 Å². The highest BCUT2D eigenvalue weighted by molar-refractivity contribution is 7.92. The highest BCUT2D eigenvalue weighted by Gasteiger charge is 2.34. The van der Waals surface area contributed by atoms with Crippen molar-refractivity contribution >= 4 is 39.1 Å². The number of halogens is 1. The van der Waals surface area contributed by atoms with Gasteiger partial charge in [0.2, 0.25) is 11.8 Å². The van der Waals surface area contributed by atoms with E-state index in [1.165, 1.54) is 17.0 Å². The fourth-order valence-electron chi connectivity index (χ4n) is 4.22. The first kappa shape index (κ1) is 30.2. The van der Waals surface area contributed by atoms with Gasteiger partial charge in [-0.15, -0.1) is 0 Å². The van der Waals surface area contributed by atoms with Gasteiger partial charge < -0.3 is 10.2 Å². The first-order chi connectivity index (χ1) is 18.6. The zero-order valence-electron chi connectivity index (χ0n) is 22.8. The molecule has 0 aliphatic heterocycles. The molecule has 2 unspecified atom stereocenters. The summed E-state index contributed by atoms with van der Waals surface area (Å²) in [4.78, 5) is 28.9. The predicted octanol–water partition coefficient (Wildman–Crippen LogP) is 5.57. The van der Waals surface area contributed by atoms with Crippen LogP contribution in [0.1, 0.15) is 44.7 Å². The van der Waals surface area contributed by atoms with Crippen LogP contribution in [-0.2, 0) is 26.2 Å². The Bertz CT molecular complexity index is 1370. The van der Waals surface area contributed by atoms with Crippen LogP contribution in [-0.4, -0.2) is 43.8 Å². The van der Waals surface area contributed by atoms with E-state index in [9.17, 15) is 18.0 Å². The highest BCUT2D eigenvalue weighted by Crippen LogP contribution is 2.30. The van der Waals surface area contributed by atoms with Crippen LogP contribution in [0.2, 0.25) is 5.02 Å². The van der Waals surface area contributed by atoms with Crippen molar-refractivity contribution in [2.75, 3.05) is 10.8 Å². The molecule has 2 atom stereocenters. The van der Waals surface area contributed by atoms with E-state index < -0.39 is 28.5 Å². The number of rotatable bonds is 12. The average molecular weight is 570 g/mol. The maximum absolute atomic E-state index is 14.1. The van der Waals surface area contributed by atoms with Crippen molar-refractivity contribution in [3.05, 3.63) is 95.0 Å². The van der Waals surface area contributed by atoms with Gasteiger partial charge in [-0.2, -0.15) is 0 Å². The van der Waals surface area contributed by atoms with Gasteiger partial charge in [-0.1, -0.05) is 80.0 Å². The van der Waals surface area contributed by atoms with Crippen LogP contribution in [0.5, 0.6) is 0 Å². The largest absolute Gasteiger partial charge is 0.352 e. The molecule has 0 bridgehead atoms. The van der Waals surface area contributed by atoms with Crippen molar-refractivity contribution in [2.45, 2.75) is 64.1 Å². The lowest BCUT2D eigenvalue weighted by atomic mass is 10.1. The number of amides is 2. The Labute approximate surface area is 236 Å². The lowest BCUT2D eigenvalue weighted by molar-refractivity contribution is -0.140. The van der Waals surface area contributed by atoms with E-state index in [1.807, 2.05) is 51.1 Å². The van der Waals surface area contributed by atoms with Gasteiger partial charge in [-0.3, -0.25) is 13.9 Å². The van der Waals surface area contributed by atoms with Crippen molar-refractivity contribution in [2.24, 2.45) is 0 Å². The fraction of sp³-hybridized carbons (Fsp3) is 0.333. The minimum Gasteiger partial charge on any atom is -0.352 e. The summed E-state index contributed by atoms with van der Waals surface area (Å²) >= 11 is 6.27. The number of anilines is 1. The number of carbonyl (C=O) groups excluding carboxylic acids is 2. The quantitative estimate of drug-likeness (QED) is 0.309. The molecule has 0 spiro atoms. The molecule has 0 aromatic heterocycles. The van der Waals surface area contributed by atoms with E-state index in [2.05, 4.69) is 5.32 Å². The maximum Gasteiger partial charge on any atom is 0.264 e. The van der Waals surface area contributed by atoms with Gasteiger partial charge in [-0.25, -0.2) is 8.42 Å². The van der Waals surface area contributed by atoms with E-state index in [0.717, 1.165) is 16.3 Å². The molecule has 2 amide bonds. The second-order valence-corrected chi connectivity index (χ2v) is 11.8. The summed E-state index contributed by atoms with van der Waals surface area (Å²) in [5, 5.41) is 3.32. The smallest absolute Gasteiger partial charge is 0.264 e. The molecule has 0 heterocycles. The molecule has 0 radical (unpaired) electrons. The van der Waals surface area contributed by atoms with Gasteiger partial charge in [0, 0.05) is 17.6 Å². The molecule has 3 aromatic carbocycles. The molecule has 0 saturated carbocycles. The molecular formula is C30H36ClN3O4S. The Morgan fingerprint density at radius 1 is 0.923 bits per heavy atom. The number of nitrogens with zero attached hydrogens (tertiary/aromatic N) is 2. The SMILES string of the molecule is CCC(C)NC(=O)C(CC)N(Cc1ccccc1)C(=O)CN(c1cc(Cl)ccc1C)S(=O)(=O)c1ccccc1. The van der Waals surface area contributed by atoms with Crippen molar-refractivity contribution < 1.29 is 18.0 Å². The topological polar surface area (TPSA) is 86.8 Å². The van der Waals surface area contributed by atoms with Crippen LogP contribution in [0, 0.1) is 6.92 Å². The van der Waals surface area contributed by atoms with E-state index in [1.54, 1.807) is 43.3 Å². The van der Waals surface area contributed by atoms with Crippen LogP contribution in [0.3, 0.4) is 0 Å². The number of aryl methyl sites for hydroxylation is 1. The molecule has 7 nitrogen and oxygen atoms in total. The molecule has 0 aliphatic carbocycles. The third-order valence-corrected chi connectivity index (χ3v) is 8.64. The highest BCUT2D eigenvalue weighted by atomic mass is 35.5. The molecule has 208 valence electrons. The van der Waals surface area contributed by atoms with Gasteiger partial charge in [0.15, 0.2) is 0 Å².